The molecule has 0 fully saturated rings. The van der Waals surface area contributed by atoms with Gasteiger partial charge in [0.1, 0.15) is 5.82 Å². The van der Waals surface area contributed by atoms with E-state index in [9.17, 15) is 9.18 Å². The average molecular weight is 318 g/mol. The fraction of sp³-hybridized carbons (Fsp3) is 0.0500. The highest BCUT2D eigenvalue weighted by atomic mass is 19.1. The van der Waals surface area contributed by atoms with E-state index in [1.165, 1.54) is 6.07 Å². The van der Waals surface area contributed by atoms with Gasteiger partial charge in [-0.3, -0.25) is 4.57 Å². The van der Waals surface area contributed by atoms with Gasteiger partial charge in [0.15, 0.2) is 0 Å². The zero-order chi connectivity index (χ0) is 16.5. The Bertz CT molecular complexity index is 1060. The van der Waals surface area contributed by atoms with Gasteiger partial charge in [-0.05, 0) is 29.3 Å². The highest BCUT2D eigenvalue weighted by Gasteiger charge is 2.10. The summed E-state index contributed by atoms with van der Waals surface area (Å²) in [5, 5.41) is 0. The molecule has 3 nitrogen and oxygen atoms in total. The summed E-state index contributed by atoms with van der Waals surface area (Å²) in [5.74, 6) is -0.306. The van der Waals surface area contributed by atoms with E-state index in [1.54, 1.807) is 22.8 Å². The number of imidazole rings is 1. The minimum atomic E-state index is -0.306. The van der Waals surface area contributed by atoms with Gasteiger partial charge in [-0.25, -0.2) is 9.18 Å². The predicted octanol–water partition coefficient (Wildman–Crippen LogP) is 4.18. The molecule has 0 amide bonds. The van der Waals surface area contributed by atoms with Gasteiger partial charge in [0.2, 0.25) is 0 Å². The number of benzene rings is 3. The maximum atomic E-state index is 13.9. The molecule has 0 aliphatic heterocycles. The summed E-state index contributed by atoms with van der Waals surface area (Å²) in [4.78, 5) is 15.1. The van der Waals surface area contributed by atoms with Crippen molar-refractivity contribution in [2.45, 2.75) is 6.54 Å². The molecule has 24 heavy (non-hydrogen) atoms. The Morgan fingerprint density at radius 2 is 1.62 bits per heavy atom. The van der Waals surface area contributed by atoms with E-state index in [0.717, 1.165) is 22.2 Å². The molecule has 1 aromatic heterocycles. The van der Waals surface area contributed by atoms with Crippen molar-refractivity contribution >= 4 is 11.0 Å². The first kappa shape index (κ1) is 14.5. The molecule has 0 spiro atoms. The molecule has 0 aliphatic rings. The lowest BCUT2D eigenvalue weighted by atomic mass is 10.1. The van der Waals surface area contributed by atoms with Gasteiger partial charge in [0.05, 0.1) is 17.6 Å². The molecule has 0 atom stereocenters. The summed E-state index contributed by atoms with van der Waals surface area (Å²) in [6.07, 6.45) is 0. The molecule has 0 aliphatic carbocycles. The minimum Gasteiger partial charge on any atom is -0.306 e. The number of aromatic nitrogens is 2. The lowest BCUT2D eigenvalue weighted by Gasteiger charge is -2.06. The van der Waals surface area contributed by atoms with Gasteiger partial charge in [-0.2, -0.15) is 0 Å². The van der Waals surface area contributed by atoms with Crippen LogP contribution in [0.4, 0.5) is 4.39 Å². The maximum Gasteiger partial charge on any atom is 0.326 e. The average Bonchev–Trinajstić information content (AvgIpc) is 2.92. The first-order valence-corrected chi connectivity index (χ1v) is 7.74. The molecule has 0 saturated heterocycles. The third kappa shape index (κ3) is 2.52. The largest absolute Gasteiger partial charge is 0.326 e. The summed E-state index contributed by atoms with van der Waals surface area (Å²) >= 11 is 0. The second-order valence-electron chi connectivity index (χ2n) is 5.71. The van der Waals surface area contributed by atoms with Crippen molar-refractivity contribution in [3.05, 3.63) is 94.7 Å². The SMILES string of the molecule is O=c1[nH]c2cc(-c3ccccc3)ccc2n1Cc1ccccc1F. The van der Waals surface area contributed by atoms with E-state index in [0.29, 0.717) is 5.56 Å². The van der Waals surface area contributed by atoms with Gasteiger partial charge >= 0.3 is 5.69 Å². The van der Waals surface area contributed by atoms with Crippen molar-refractivity contribution < 1.29 is 4.39 Å². The van der Waals surface area contributed by atoms with E-state index in [1.807, 2.05) is 48.5 Å². The van der Waals surface area contributed by atoms with Crippen LogP contribution in [-0.4, -0.2) is 9.55 Å². The second kappa shape index (κ2) is 5.81. The number of nitrogens with zero attached hydrogens (tertiary/aromatic N) is 1. The maximum absolute atomic E-state index is 13.9. The number of aromatic amines is 1. The number of nitrogens with one attached hydrogen (secondary N) is 1. The quantitative estimate of drug-likeness (QED) is 0.604. The first-order valence-electron chi connectivity index (χ1n) is 7.74. The molecule has 0 radical (unpaired) electrons. The van der Waals surface area contributed by atoms with Crippen molar-refractivity contribution in [2.75, 3.05) is 0 Å². The van der Waals surface area contributed by atoms with Crippen molar-refractivity contribution in [1.82, 2.24) is 9.55 Å². The standard InChI is InChI=1S/C20H15FN2O/c21-17-9-5-4-8-16(17)13-23-19-11-10-15(12-18(19)22-20(23)24)14-6-2-1-3-7-14/h1-12H,13H2,(H,22,24). The van der Waals surface area contributed by atoms with Crippen LogP contribution >= 0.6 is 0 Å². The molecule has 4 heteroatoms. The minimum absolute atomic E-state index is 0.205. The van der Waals surface area contributed by atoms with Crippen LogP contribution in [0.5, 0.6) is 0 Å². The molecule has 4 aromatic rings. The number of fused-ring (bicyclic) bond motifs is 1. The van der Waals surface area contributed by atoms with Gasteiger partial charge in [0, 0.05) is 5.56 Å². The zero-order valence-corrected chi connectivity index (χ0v) is 12.9. The van der Waals surface area contributed by atoms with E-state index in [2.05, 4.69) is 4.98 Å². The van der Waals surface area contributed by atoms with E-state index < -0.39 is 0 Å². The number of rotatable bonds is 3. The van der Waals surface area contributed by atoms with Crippen LogP contribution in [0.2, 0.25) is 0 Å². The molecule has 0 saturated carbocycles. The van der Waals surface area contributed by atoms with Gasteiger partial charge in [0.25, 0.3) is 0 Å². The Balaban J connectivity index is 1.80. The van der Waals surface area contributed by atoms with Crippen LogP contribution in [0, 0.1) is 5.82 Å². The second-order valence-corrected chi connectivity index (χ2v) is 5.71. The molecule has 0 bridgehead atoms. The van der Waals surface area contributed by atoms with Crippen LogP contribution in [0.25, 0.3) is 22.2 Å². The first-order chi connectivity index (χ1) is 11.7. The third-order valence-corrected chi connectivity index (χ3v) is 4.17. The zero-order valence-electron chi connectivity index (χ0n) is 12.9. The predicted molar refractivity (Wildman–Crippen MR) is 93.5 cm³/mol. The summed E-state index contributed by atoms with van der Waals surface area (Å²) in [5.41, 5.74) is 3.89. The number of hydrogen-bond acceptors (Lipinski definition) is 1. The Kier molecular flexibility index (Phi) is 3.50. The summed E-state index contributed by atoms with van der Waals surface area (Å²) in [6, 6.07) is 22.3. The van der Waals surface area contributed by atoms with Crippen molar-refractivity contribution in [3.8, 4) is 11.1 Å². The van der Waals surface area contributed by atoms with Crippen LogP contribution in [0.1, 0.15) is 5.56 Å². The fourth-order valence-corrected chi connectivity index (χ4v) is 2.93. The van der Waals surface area contributed by atoms with E-state index in [4.69, 9.17) is 0 Å². The Morgan fingerprint density at radius 3 is 2.42 bits per heavy atom. The van der Waals surface area contributed by atoms with Gasteiger partial charge < -0.3 is 4.98 Å². The molecule has 118 valence electrons. The van der Waals surface area contributed by atoms with E-state index >= 15 is 0 Å². The summed E-state index contributed by atoms with van der Waals surface area (Å²) in [7, 11) is 0. The highest BCUT2D eigenvalue weighted by Crippen LogP contribution is 2.23. The topological polar surface area (TPSA) is 37.8 Å². The highest BCUT2D eigenvalue weighted by molar-refractivity contribution is 5.82. The van der Waals surface area contributed by atoms with Crippen LogP contribution < -0.4 is 5.69 Å². The number of H-pyrrole nitrogens is 1. The molecule has 1 N–H and O–H groups in total. The van der Waals surface area contributed by atoms with Gasteiger partial charge in [-0.15, -0.1) is 0 Å². The third-order valence-electron chi connectivity index (χ3n) is 4.17. The number of hydrogen-bond donors (Lipinski definition) is 1. The fourth-order valence-electron chi connectivity index (χ4n) is 2.93. The van der Waals surface area contributed by atoms with Crippen molar-refractivity contribution in [3.63, 3.8) is 0 Å². The van der Waals surface area contributed by atoms with Crippen molar-refractivity contribution in [1.29, 1.82) is 0 Å². The van der Waals surface area contributed by atoms with Crippen LogP contribution in [0.3, 0.4) is 0 Å². The number of halogens is 1. The Morgan fingerprint density at radius 1 is 0.875 bits per heavy atom. The summed E-state index contributed by atoms with van der Waals surface area (Å²) in [6.45, 7) is 0.205. The summed E-state index contributed by atoms with van der Waals surface area (Å²) < 4.78 is 15.4. The molecule has 1 heterocycles. The molecule has 0 unspecified atom stereocenters. The molecular formula is C20H15FN2O. The molecule has 4 rings (SSSR count). The van der Waals surface area contributed by atoms with Gasteiger partial charge in [-0.1, -0.05) is 54.6 Å². The lowest BCUT2D eigenvalue weighted by Crippen LogP contribution is -2.17. The Labute approximate surface area is 138 Å². The normalized spacial score (nSPS) is 11.0. The molecule has 3 aromatic carbocycles. The Hall–Kier alpha value is -3.14. The van der Waals surface area contributed by atoms with E-state index in [-0.39, 0.29) is 18.1 Å². The molecular weight excluding hydrogens is 303 g/mol. The van der Waals surface area contributed by atoms with Crippen LogP contribution in [-0.2, 0) is 6.54 Å². The van der Waals surface area contributed by atoms with Crippen LogP contribution in [0.15, 0.2) is 77.6 Å². The van der Waals surface area contributed by atoms with Crippen molar-refractivity contribution in [2.24, 2.45) is 0 Å². The monoisotopic (exact) mass is 318 g/mol. The smallest absolute Gasteiger partial charge is 0.306 e. The lowest BCUT2D eigenvalue weighted by molar-refractivity contribution is 0.599.